The molecule has 0 radical (unpaired) electrons. The van der Waals surface area contributed by atoms with Crippen LogP contribution in [0.2, 0.25) is 0 Å². The van der Waals surface area contributed by atoms with E-state index in [1.54, 1.807) is 31.2 Å². The Labute approximate surface area is 156 Å². The van der Waals surface area contributed by atoms with Gasteiger partial charge in [-0.05, 0) is 18.6 Å². The van der Waals surface area contributed by atoms with Gasteiger partial charge in [0.15, 0.2) is 0 Å². The van der Waals surface area contributed by atoms with Gasteiger partial charge in [-0.3, -0.25) is 9.00 Å². The third-order valence-corrected chi connectivity index (χ3v) is 6.03. The van der Waals surface area contributed by atoms with E-state index < -0.39 is 16.8 Å². The van der Waals surface area contributed by atoms with E-state index >= 15 is 0 Å². The molecule has 0 amide bonds. The van der Waals surface area contributed by atoms with Gasteiger partial charge in [-0.15, -0.1) is 0 Å². The molecule has 9 heteroatoms. The minimum absolute atomic E-state index is 0.142. The van der Waals surface area contributed by atoms with Crippen molar-refractivity contribution in [2.24, 2.45) is 0 Å². The fourth-order valence-corrected chi connectivity index (χ4v) is 4.11. The second kappa shape index (κ2) is 7.88. The molecule has 0 spiro atoms. The summed E-state index contributed by atoms with van der Waals surface area (Å²) < 4.78 is 18.6. The smallest absolute Gasteiger partial charge is 0.339 e. The Morgan fingerprint density at radius 1 is 1.31 bits per heavy atom. The van der Waals surface area contributed by atoms with Crippen LogP contribution < -0.4 is 5.56 Å². The van der Waals surface area contributed by atoms with Crippen LogP contribution in [0.4, 0.5) is 0 Å². The molecular weight excluding hydrogens is 374 g/mol. The molecular formula is C17H17N3O4S2. The normalized spacial score (nSPS) is 12.2. The summed E-state index contributed by atoms with van der Waals surface area (Å²) in [5.41, 5.74) is 0.296. The molecule has 0 N–H and O–H groups in total. The van der Waals surface area contributed by atoms with E-state index in [0.29, 0.717) is 27.7 Å². The minimum atomic E-state index is -1.27. The lowest BCUT2D eigenvalue weighted by molar-refractivity contribution is 0.0463. The Kier molecular flexibility index (Phi) is 5.58. The SMILES string of the molecule is CCc1nn2c(=O)cc(COC(=O)c3ccccc3[S@@](=O)CC)nc2s1. The Balaban J connectivity index is 1.81. The number of aromatic nitrogens is 3. The standard InChI is InChI=1S/C17H17N3O4S2/c1-3-14-19-20-15(21)9-11(18-17(20)25-14)10-24-16(22)12-7-5-6-8-13(12)26(23)4-2/h5-9H,3-4,10H2,1-2H3/t26-/m0/s1. The van der Waals surface area contributed by atoms with Crippen LogP contribution in [-0.4, -0.2) is 30.5 Å². The third kappa shape index (κ3) is 3.73. The van der Waals surface area contributed by atoms with E-state index in [-0.39, 0.29) is 17.7 Å². The summed E-state index contributed by atoms with van der Waals surface area (Å²) in [6.45, 7) is 3.59. The summed E-state index contributed by atoms with van der Waals surface area (Å²) >= 11 is 1.33. The topological polar surface area (TPSA) is 90.6 Å². The van der Waals surface area contributed by atoms with Gasteiger partial charge >= 0.3 is 5.97 Å². The number of rotatable bonds is 6. The monoisotopic (exact) mass is 391 g/mol. The summed E-state index contributed by atoms with van der Waals surface area (Å²) in [7, 11) is -1.27. The Bertz CT molecular complexity index is 1040. The largest absolute Gasteiger partial charge is 0.456 e. The van der Waals surface area contributed by atoms with Crippen LogP contribution in [0.15, 0.2) is 40.0 Å². The van der Waals surface area contributed by atoms with Crippen molar-refractivity contribution in [3.63, 3.8) is 0 Å². The maximum Gasteiger partial charge on any atom is 0.339 e. The van der Waals surface area contributed by atoms with E-state index in [2.05, 4.69) is 10.1 Å². The number of hydrogen-bond donors (Lipinski definition) is 0. The van der Waals surface area contributed by atoms with Crippen molar-refractivity contribution < 1.29 is 13.7 Å². The Morgan fingerprint density at radius 2 is 2.08 bits per heavy atom. The van der Waals surface area contributed by atoms with Gasteiger partial charge < -0.3 is 4.74 Å². The zero-order valence-electron chi connectivity index (χ0n) is 14.3. The van der Waals surface area contributed by atoms with Crippen LogP contribution >= 0.6 is 11.3 Å². The molecule has 2 aromatic heterocycles. The predicted octanol–water partition coefficient (Wildman–Crippen LogP) is 2.20. The molecule has 0 bridgehead atoms. The predicted molar refractivity (Wildman–Crippen MR) is 99.0 cm³/mol. The van der Waals surface area contributed by atoms with Gasteiger partial charge in [-0.2, -0.15) is 9.61 Å². The molecule has 26 heavy (non-hydrogen) atoms. The first-order chi connectivity index (χ1) is 12.5. The maximum absolute atomic E-state index is 12.4. The van der Waals surface area contributed by atoms with E-state index in [1.165, 1.54) is 21.9 Å². The van der Waals surface area contributed by atoms with Crippen molar-refractivity contribution in [3.05, 3.63) is 57.0 Å². The number of carbonyl (C=O) groups is 1. The number of esters is 1. The van der Waals surface area contributed by atoms with E-state index in [1.807, 2.05) is 6.92 Å². The highest BCUT2D eigenvalue weighted by atomic mass is 32.2. The van der Waals surface area contributed by atoms with Crippen molar-refractivity contribution in [1.29, 1.82) is 0 Å². The zero-order valence-corrected chi connectivity index (χ0v) is 15.9. The van der Waals surface area contributed by atoms with Crippen molar-refractivity contribution >= 4 is 33.1 Å². The van der Waals surface area contributed by atoms with Crippen molar-refractivity contribution in [2.45, 2.75) is 31.8 Å². The summed E-state index contributed by atoms with van der Waals surface area (Å²) in [6, 6.07) is 7.94. The summed E-state index contributed by atoms with van der Waals surface area (Å²) in [6.07, 6.45) is 0.711. The fourth-order valence-electron chi connectivity index (χ4n) is 2.32. The van der Waals surface area contributed by atoms with Crippen LogP contribution in [0, 0.1) is 0 Å². The van der Waals surface area contributed by atoms with Crippen LogP contribution in [0.25, 0.3) is 4.96 Å². The molecule has 1 atom stereocenters. The highest BCUT2D eigenvalue weighted by Gasteiger charge is 2.17. The summed E-state index contributed by atoms with van der Waals surface area (Å²) in [5, 5.41) is 4.98. The second-order valence-corrected chi connectivity index (χ2v) is 8.08. The quantitative estimate of drug-likeness (QED) is 0.598. The van der Waals surface area contributed by atoms with Gasteiger partial charge in [0, 0.05) is 11.8 Å². The van der Waals surface area contributed by atoms with Gasteiger partial charge in [0.25, 0.3) is 5.56 Å². The van der Waals surface area contributed by atoms with Crippen molar-refractivity contribution in [3.8, 4) is 0 Å². The van der Waals surface area contributed by atoms with Crippen LogP contribution in [0.3, 0.4) is 0 Å². The van der Waals surface area contributed by atoms with Crippen molar-refractivity contribution in [2.75, 3.05) is 5.75 Å². The molecule has 3 rings (SSSR count). The number of aryl methyl sites for hydroxylation is 1. The first-order valence-electron chi connectivity index (χ1n) is 8.06. The van der Waals surface area contributed by atoms with Gasteiger partial charge in [0.1, 0.15) is 11.6 Å². The molecule has 1 aromatic carbocycles. The number of benzene rings is 1. The first kappa shape index (κ1) is 18.4. The van der Waals surface area contributed by atoms with E-state index in [0.717, 1.165) is 5.01 Å². The second-order valence-electron chi connectivity index (χ2n) is 5.34. The van der Waals surface area contributed by atoms with Gasteiger partial charge in [0.2, 0.25) is 4.96 Å². The molecule has 0 aliphatic carbocycles. The lowest BCUT2D eigenvalue weighted by atomic mass is 10.2. The van der Waals surface area contributed by atoms with Gasteiger partial charge in [-0.25, -0.2) is 9.78 Å². The van der Waals surface area contributed by atoms with Crippen molar-refractivity contribution in [1.82, 2.24) is 14.6 Å². The number of hydrogen-bond acceptors (Lipinski definition) is 7. The molecule has 3 aromatic rings. The van der Waals surface area contributed by atoms with E-state index in [9.17, 15) is 13.8 Å². The lowest BCUT2D eigenvalue weighted by Crippen LogP contribution is -2.17. The minimum Gasteiger partial charge on any atom is -0.456 e. The van der Waals surface area contributed by atoms with Gasteiger partial charge in [0.05, 0.1) is 27.0 Å². The number of nitrogens with zero attached hydrogens (tertiary/aromatic N) is 3. The average molecular weight is 391 g/mol. The summed E-state index contributed by atoms with van der Waals surface area (Å²) in [4.78, 5) is 29.7. The number of fused-ring (bicyclic) bond motifs is 1. The molecule has 0 saturated carbocycles. The lowest BCUT2D eigenvalue weighted by Gasteiger charge is -2.08. The highest BCUT2D eigenvalue weighted by Crippen LogP contribution is 2.16. The molecule has 2 heterocycles. The highest BCUT2D eigenvalue weighted by molar-refractivity contribution is 7.85. The Morgan fingerprint density at radius 3 is 2.81 bits per heavy atom. The maximum atomic E-state index is 12.4. The molecule has 0 fully saturated rings. The number of carbonyl (C=O) groups excluding carboxylic acids is 1. The third-order valence-electron chi connectivity index (χ3n) is 3.61. The Hall–Kier alpha value is -2.39. The molecule has 7 nitrogen and oxygen atoms in total. The molecule has 0 aliphatic rings. The summed E-state index contributed by atoms with van der Waals surface area (Å²) in [5.74, 6) is -0.187. The number of ether oxygens (including phenoxy) is 1. The average Bonchev–Trinajstić information content (AvgIpc) is 3.09. The van der Waals surface area contributed by atoms with Crippen LogP contribution in [0.5, 0.6) is 0 Å². The first-order valence-corrected chi connectivity index (χ1v) is 10.2. The zero-order chi connectivity index (χ0) is 18.7. The molecule has 0 aliphatic heterocycles. The fraction of sp³-hybridized carbons (Fsp3) is 0.294. The van der Waals surface area contributed by atoms with Gasteiger partial charge in [-0.1, -0.05) is 37.3 Å². The van der Waals surface area contributed by atoms with E-state index in [4.69, 9.17) is 4.74 Å². The van der Waals surface area contributed by atoms with Crippen LogP contribution in [0.1, 0.15) is 34.9 Å². The molecule has 0 saturated heterocycles. The molecule has 0 unspecified atom stereocenters. The van der Waals surface area contributed by atoms with Crippen LogP contribution in [-0.2, 0) is 28.6 Å². The molecule has 136 valence electrons.